The standard InChI is InChI=1S/C47H75NO7/c1-6-8-10-12-14-16-18-20-22-24-25-27-29-31-33-35-37-45(49)54-42-43(41-53-40-39-44(47(51)52)48(3,4)5)55-46(50)38-36-34-32-30-28-26-23-21-19-17-15-13-11-9-7-2/h8-11,13-17,19-23,26,28,43-44H,6-7,12,18,24-25,27,29-42H2,1-5H3/b10-8+,11-9+,15-13+,16-14+,19-17+,22-20+,23-21+,28-26+. The molecule has 0 spiro atoms. The fourth-order valence-corrected chi connectivity index (χ4v) is 5.40. The first-order valence-corrected chi connectivity index (χ1v) is 20.8. The van der Waals surface area contributed by atoms with Gasteiger partial charge in [-0.25, -0.2) is 0 Å². The zero-order chi connectivity index (χ0) is 40.7. The van der Waals surface area contributed by atoms with Crippen molar-refractivity contribution in [3.05, 3.63) is 97.2 Å². The number of hydrogen-bond donors (Lipinski definition) is 0. The van der Waals surface area contributed by atoms with Crippen LogP contribution < -0.4 is 5.11 Å². The normalized spacial score (nSPS) is 14.0. The van der Waals surface area contributed by atoms with Gasteiger partial charge in [-0.05, 0) is 64.2 Å². The molecule has 0 amide bonds. The highest BCUT2D eigenvalue weighted by Gasteiger charge is 2.25. The van der Waals surface area contributed by atoms with E-state index < -0.39 is 18.1 Å². The first-order valence-electron chi connectivity index (χ1n) is 20.8. The molecule has 8 heteroatoms. The Balaban J connectivity index is 4.50. The molecule has 0 N–H and O–H groups in total. The SMILES string of the molecule is CC/C=C/C=C/C=C/C=C/C=C/CCCCCC(=O)OC(COCCC(C(=O)[O-])[N+](C)(C)C)COC(=O)CCCCCCCC/C=C/C/C=C/C/C=C/CC. The number of carbonyl (C=O) groups is 3. The van der Waals surface area contributed by atoms with Crippen molar-refractivity contribution in [2.45, 2.75) is 142 Å². The van der Waals surface area contributed by atoms with Gasteiger partial charge in [0, 0.05) is 19.3 Å². The number of esters is 2. The molecule has 0 aromatic carbocycles. The number of unbranched alkanes of at least 4 members (excludes halogenated alkanes) is 9. The summed E-state index contributed by atoms with van der Waals surface area (Å²) in [4.78, 5) is 36.8. The van der Waals surface area contributed by atoms with Gasteiger partial charge in [-0.2, -0.15) is 0 Å². The number of carboxylic acids is 1. The van der Waals surface area contributed by atoms with Gasteiger partial charge in [0.15, 0.2) is 6.10 Å². The average molecular weight is 766 g/mol. The number of allylic oxidation sites excluding steroid dienone is 16. The zero-order valence-electron chi connectivity index (χ0n) is 35.0. The number of aliphatic carboxylic acids is 1. The van der Waals surface area contributed by atoms with Gasteiger partial charge in [-0.15, -0.1) is 0 Å². The van der Waals surface area contributed by atoms with E-state index in [0.717, 1.165) is 77.0 Å². The van der Waals surface area contributed by atoms with Crippen LogP contribution in [0.4, 0.5) is 0 Å². The van der Waals surface area contributed by atoms with Crippen LogP contribution in [0.25, 0.3) is 0 Å². The lowest BCUT2D eigenvalue weighted by molar-refractivity contribution is -0.889. The molecule has 8 nitrogen and oxygen atoms in total. The van der Waals surface area contributed by atoms with Gasteiger partial charge in [0.2, 0.25) is 0 Å². The molecule has 0 aliphatic heterocycles. The van der Waals surface area contributed by atoms with Crippen molar-refractivity contribution in [3.63, 3.8) is 0 Å². The highest BCUT2D eigenvalue weighted by molar-refractivity contribution is 5.70. The minimum absolute atomic E-state index is 0.0121. The Morgan fingerprint density at radius 1 is 0.564 bits per heavy atom. The third kappa shape index (κ3) is 35.7. The van der Waals surface area contributed by atoms with E-state index in [1.165, 1.54) is 12.8 Å². The molecule has 0 bridgehead atoms. The van der Waals surface area contributed by atoms with E-state index in [-0.39, 0.29) is 49.1 Å². The zero-order valence-corrected chi connectivity index (χ0v) is 35.0. The molecule has 2 atom stereocenters. The highest BCUT2D eigenvalue weighted by Crippen LogP contribution is 2.12. The van der Waals surface area contributed by atoms with Gasteiger partial charge in [0.05, 0.1) is 40.3 Å². The lowest BCUT2D eigenvalue weighted by Crippen LogP contribution is -2.55. The van der Waals surface area contributed by atoms with Gasteiger partial charge >= 0.3 is 11.9 Å². The van der Waals surface area contributed by atoms with Crippen LogP contribution in [0.5, 0.6) is 0 Å². The third-order valence-corrected chi connectivity index (χ3v) is 8.59. The molecular weight excluding hydrogens is 691 g/mol. The number of quaternary nitrogens is 1. The summed E-state index contributed by atoms with van der Waals surface area (Å²) < 4.78 is 17.1. The molecule has 0 saturated heterocycles. The predicted molar refractivity (Wildman–Crippen MR) is 226 cm³/mol. The quantitative estimate of drug-likeness (QED) is 0.0208. The van der Waals surface area contributed by atoms with Crippen molar-refractivity contribution in [1.29, 1.82) is 0 Å². The largest absolute Gasteiger partial charge is 0.544 e. The van der Waals surface area contributed by atoms with Gasteiger partial charge in [0.1, 0.15) is 12.6 Å². The molecule has 55 heavy (non-hydrogen) atoms. The minimum Gasteiger partial charge on any atom is -0.544 e. The second kappa shape index (κ2) is 37.2. The van der Waals surface area contributed by atoms with Gasteiger partial charge < -0.3 is 28.6 Å². The molecule has 0 aliphatic rings. The number of likely N-dealkylation sites (N-methyl/N-ethyl adjacent to an activating group) is 1. The Kier molecular flexibility index (Phi) is 34.7. The number of nitrogens with zero attached hydrogens (tertiary/aromatic N) is 1. The van der Waals surface area contributed by atoms with E-state index in [4.69, 9.17) is 14.2 Å². The maximum atomic E-state index is 12.7. The van der Waals surface area contributed by atoms with E-state index in [2.05, 4.69) is 62.5 Å². The highest BCUT2D eigenvalue weighted by atomic mass is 16.6. The van der Waals surface area contributed by atoms with Crippen molar-refractivity contribution in [1.82, 2.24) is 0 Å². The number of rotatable bonds is 35. The number of hydrogen-bond acceptors (Lipinski definition) is 7. The summed E-state index contributed by atoms with van der Waals surface area (Å²) in [6.07, 6.45) is 48.6. The van der Waals surface area contributed by atoms with E-state index in [9.17, 15) is 19.5 Å². The molecule has 2 unspecified atom stereocenters. The maximum Gasteiger partial charge on any atom is 0.306 e. The summed E-state index contributed by atoms with van der Waals surface area (Å²) >= 11 is 0. The van der Waals surface area contributed by atoms with Crippen molar-refractivity contribution in [2.75, 3.05) is 41.0 Å². The van der Waals surface area contributed by atoms with E-state index in [0.29, 0.717) is 12.8 Å². The van der Waals surface area contributed by atoms with Crippen molar-refractivity contribution >= 4 is 17.9 Å². The molecule has 0 aliphatic carbocycles. The van der Waals surface area contributed by atoms with Crippen LogP contribution in [-0.4, -0.2) is 75.5 Å². The Morgan fingerprint density at radius 3 is 1.65 bits per heavy atom. The van der Waals surface area contributed by atoms with Crippen molar-refractivity contribution in [3.8, 4) is 0 Å². The Morgan fingerprint density at radius 2 is 1.05 bits per heavy atom. The van der Waals surface area contributed by atoms with E-state index in [1.54, 1.807) is 21.1 Å². The fourth-order valence-electron chi connectivity index (χ4n) is 5.40. The molecule has 0 radical (unpaired) electrons. The third-order valence-electron chi connectivity index (χ3n) is 8.59. The predicted octanol–water partition coefficient (Wildman–Crippen LogP) is 9.79. The summed E-state index contributed by atoms with van der Waals surface area (Å²) in [5, 5.41) is 11.6. The van der Waals surface area contributed by atoms with Crippen LogP contribution >= 0.6 is 0 Å². The van der Waals surface area contributed by atoms with Crippen molar-refractivity contribution in [2.24, 2.45) is 0 Å². The average Bonchev–Trinajstić information content (AvgIpc) is 3.14. The first-order chi connectivity index (χ1) is 26.6. The first kappa shape index (κ1) is 51.2. The summed E-state index contributed by atoms with van der Waals surface area (Å²) in [6, 6.07) is -0.741. The molecule has 0 aromatic rings. The molecule has 0 saturated carbocycles. The molecule has 310 valence electrons. The molecule has 0 aromatic heterocycles. The number of carboxylic acid groups (broad SMARTS) is 1. The molecular formula is C47H75NO7. The summed E-state index contributed by atoms with van der Waals surface area (Å²) in [6.45, 7) is 4.31. The number of carbonyl (C=O) groups excluding carboxylic acids is 3. The maximum absolute atomic E-state index is 12.7. The summed E-state index contributed by atoms with van der Waals surface area (Å²) in [5.41, 5.74) is 0. The van der Waals surface area contributed by atoms with Gasteiger partial charge in [-0.3, -0.25) is 9.59 Å². The molecule has 0 fully saturated rings. The Bertz CT molecular complexity index is 1220. The van der Waals surface area contributed by atoms with Crippen LogP contribution in [0.3, 0.4) is 0 Å². The van der Waals surface area contributed by atoms with Crippen LogP contribution in [0, 0.1) is 0 Å². The molecule has 0 heterocycles. The topological polar surface area (TPSA) is 102 Å². The summed E-state index contributed by atoms with van der Waals surface area (Å²) in [5.74, 6) is -1.83. The van der Waals surface area contributed by atoms with Gasteiger partial charge in [0.25, 0.3) is 0 Å². The molecule has 0 rings (SSSR count). The van der Waals surface area contributed by atoms with Crippen LogP contribution in [-0.2, 0) is 28.6 Å². The lowest BCUT2D eigenvalue weighted by atomic mass is 10.1. The second-order valence-corrected chi connectivity index (χ2v) is 14.6. The van der Waals surface area contributed by atoms with Crippen LogP contribution in [0.2, 0.25) is 0 Å². The minimum atomic E-state index is -1.14. The number of ether oxygens (including phenoxy) is 3. The Hall–Kier alpha value is -3.75. The summed E-state index contributed by atoms with van der Waals surface area (Å²) in [7, 11) is 5.37. The van der Waals surface area contributed by atoms with E-state index >= 15 is 0 Å². The lowest BCUT2D eigenvalue weighted by Gasteiger charge is -2.34. The van der Waals surface area contributed by atoms with E-state index in [1.807, 2.05) is 48.6 Å². The smallest absolute Gasteiger partial charge is 0.306 e. The Labute approximate surface area is 335 Å². The van der Waals surface area contributed by atoms with Gasteiger partial charge in [-0.1, -0.05) is 143 Å². The monoisotopic (exact) mass is 766 g/mol. The van der Waals surface area contributed by atoms with Crippen LogP contribution in [0.15, 0.2) is 97.2 Å². The fraction of sp³-hybridized carbons (Fsp3) is 0.596. The van der Waals surface area contributed by atoms with Crippen molar-refractivity contribution < 1.29 is 38.2 Å². The van der Waals surface area contributed by atoms with Crippen LogP contribution in [0.1, 0.15) is 129 Å². The second-order valence-electron chi connectivity index (χ2n) is 14.6.